The molecule has 3 aromatic rings. The van der Waals surface area contributed by atoms with Gasteiger partial charge in [0.25, 0.3) is 11.8 Å². The summed E-state index contributed by atoms with van der Waals surface area (Å²) in [4.78, 5) is 27.2. The van der Waals surface area contributed by atoms with E-state index in [2.05, 4.69) is 5.32 Å². The topological polar surface area (TPSA) is 58.6 Å². The van der Waals surface area contributed by atoms with Crippen LogP contribution in [0.25, 0.3) is 0 Å². The summed E-state index contributed by atoms with van der Waals surface area (Å²) in [7, 11) is 1.58. The zero-order chi connectivity index (χ0) is 20.8. The highest BCUT2D eigenvalue weighted by atomic mass is 16.5. The highest BCUT2D eigenvalue weighted by molar-refractivity contribution is 6.08. The Morgan fingerprint density at radius 3 is 2.28 bits per heavy atom. The molecule has 0 saturated heterocycles. The van der Waals surface area contributed by atoms with E-state index in [1.54, 1.807) is 54.5 Å². The van der Waals surface area contributed by atoms with Gasteiger partial charge in [0.05, 0.1) is 7.11 Å². The van der Waals surface area contributed by atoms with Gasteiger partial charge in [-0.2, -0.15) is 0 Å². The van der Waals surface area contributed by atoms with Crippen molar-refractivity contribution in [3.8, 4) is 5.75 Å². The second-order valence-corrected chi connectivity index (χ2v) is 6.65. The van der Waals surface area contributed by atoms with Crippen LogP contribution in [0.3, 0.4) is 0 Å². The van der Waals surface area contributed by atoms with Crippen molar-refractivity contribution in [2.24, 2.45) is 0 Å². The summed E-state index contributed by atoms with van der Waals surface area (Å²) in [5, 5.41) is 2.83. The van der Waals surface area contributed by atoms with Crippen LogP contribution in [0.5, 0.6) is 5.75 Å². The minimum absolute atomic E-state index is 0.0992. The largest absolute Gasteiger partial charge is 0.497 e. The maximum atomic E-state index is 12.9. The van der Waals surface area contributed by atoms with Crippen LogP contribution in [0.4, 0.5) is 11.4 Å². The van der Waals surface area contributed by atoms with Gasteiger partial charge >= 0.3 is 0 Å². The first kappa shape index (κ1) is 20.1. The second-order valence-electron chi connectivity index (χ2n) is 6.65. The molecule has 0 fully saturated rings. The first-order valence-corrected chi connectivity index (χ1v) is 9.46. The smallest absolute Gasteiger partial charge is 0.258 e. The van der Waals surface area contributed by atoms with Crippen LogP contribution < -0.4 is 15.0 Å². The number of amides is 2. The lowest BCUT2D eigenvalue weighted by Gasteiger charge is -2.21. The third-order valence-corrected chi connectivity index (χ3v) is 4.60. The fourth-order valence-corrected chi connectivity index (χ4v) is 3.06. The van der Waals surface area contributed by atoms with Gasteiger partial charge in [-0.25, -0.2) is 0 Å². The molecule has 0 spiro atoms. The quantitative estimate of drug-likeness (QED) is 0.652. The number of ether oxygens (including phenoxy) is 1. The van der Waals surface area contributed by atoms with Gasteiger partial charge in [0.15, 0.2) is 0 Å². The van der Waals surface area contributed by atoms with Crippen LogP contribution in [0.2, 0.25) is 0 Å². The number of nitrogens with zero attached hydrogens (tertiary/aromatic N) is 1. The predicted octanol–water partition coefficient (Wildman–Crippen LogP) is 4.92. The molecule has 3 rings (SSSR count). The molecular weight excluding hydrogens is 364 g/mol. The molecule has 5 nitrogen and oxygen atoms in total. The highest BCUT2D eigenvalue weighted by Gasteiger charge is 2.17. The zero-order valence-corrected chi connectivity index (χ0v) is 16.8. The van der Waals surface area contributed by atoms with Crippen molar-refractivity contribution in [1.82, 2.24) is 0 Å². The number of hydrogen-bond donors (Lipinski definition) is 1. The fraction of sp³-hybridized carbons (Fsp3) is 0.167. The lowest BCUT2D eigenvalue weighted by Crippen LogP contribution is -2.30. The average Bonchev–Trinajstić information content (AvgIpc) is 2.74. The molecule has 0 saturated carbocycles. The number of rotatable bonds is 6. The molecule has 2 amide bonds. The van der Waals surface area contributed by atoms with Gasteiger partial charge in [0, 0.05) is 35.1 Å². The molecule has 0 aromatic heterocycles. The van der Waals surface area contributed by atoms with Crippen molar-refractivity contribution in [1.29, 1.82) is 0 Å². The van der Waals surface area contributed by atoms with Crippen molar-refractivity contribution < 1.29 is 14.3 Å². The first-order valence-electron chi connectivity index (χ1n) is 9.46. The van der Waals surface area contributed by atoms with E-state index in [1.807, 2.05) is 44.2 Å². The van der Waals surface area contributed by atoms with Crippen LogP contribution in [-0.2, 0) is 0 Å². The minimum atomic E-state index is -0.247. The standard InChI is InChI=1S/C24H24N2O3/c1-4-26(21-9-5-7-17(2)15-21)24(28)19-13-11-18(12-14-19)23(27)25-20-8-6-10-22(16-20)29-3/h5-16H,4H2,1-3H3,(H,25,27). The van der Waals surface area contributed by atoms with Crippen LogP contribution in [0, 0.1) is 6.92 Å². The molecule has 148 valence electrons. The zero-order valence-electron chi connectivity index (χ0n) is 16.8. The Hall–Kier alpha value is -3.60. The summed E-state index contributed by atoms with van der Waals surface area (Å²) in [6.45, 7) is 4.49. The Labute approximate surface area is 170 Å². The van der Waals surface area contributed by atoms with Gasteiger partial charge in [-0.1, -0.05) is 18.2 Å². The van der Waals surface area contributed by atoms with E-state index < -0.39 is 0 Å². The number of nitrogens with one attached hydrogen (secondary N) is 1. The SMILES string of the molecule is CCN(C(=O)c1ccc(C(=O)Nc2cccc(OC)c2)cc1)c1cccc(C)c1. The monoisotopic (exact) mass is 388 g/mol. The maximum absolute atomic E-state index is 12.9. The summed E-state index contributed by atoms with van der Waals surface area (Å²) in [6, 6.07) is 21.7. The summed E-state index contributed by atoms with van der Waals surface area (Å²) >= 11 is 0. The summed E-state index contributed by atoms with van der Waals surface area (Å²) in [5.74, 6) is 0.320. The number of benzene rings is 3. The van der Waals surface area contributed by atoms with Crippen LogP contribution in [0.15, 0.2) is 72.8 Å². The summed E-state index contributed by atoms with van der Waals surface area (Å²) < 4.78 is 5.17. The summed E-state index contributed by atoms with van der Waals surface area (Å²) in [5.41, 5.74) is 3.61. The Kier molecular flexibility index (Phi) is 6.29. The van der Waals surface area contributed by atoms with Gasteiger partial charge in [-0.15, -0.1) is 0 Å². The molecule has 0 radical (unpaired) electrons. The molecule has 0 aliphatic heterocycles. The number of anilines is 2. The minimum Gasteiger partial charge on any atom is -0.497 e. The molecule has 29 heavy (non-hydrogen) atoms. The van der Waals surface area contributed by atoms with E-state index in [4.69, 9.17) is 4.74 Å². The van der Waals surface area contributed by atoms with E-state index in [-0.39, 0.29) is 11.8 Å². The normalized spacial score (nSPS) is 10.3. The molecule has 0 atom stereocenters. The van der Waals surface area contributed by atoms with Crippen molar-refractivity contribution in [3.63, 3.8) is 0 Å². The predicted molar refractivity (Wildman–Crippen MR) is 116 cm³/mol. The first-order chi connectivity index (χ1) is 14.0. The van der Waals surface area contributed by atoms with Crippen molar-refractivity contribution in [2.45, 2.75) is 13.8 Å². The van der Waals surface area contributed by atoms with Gasteiger partial charge < -0.3 is 15.0 Å². The number of hydrogen-bond acceptors (Lipinski definition) is 3. The Bertz CT molecular complexity index is 1010. The maximum Gasteiger partial charge on any atom is 0.258 e. The molecule has 0 heterocycles. The van der Waals surface area contributed by atoms with Gasteiger partial charge in [0.2, 0.25) is 0 Å². The molecule has 1 N–H and O–H groups in total. The van der Waals surface area contributed by atoms with Crippen molar-refractivity contribution in [2.75, 3.05) is 23.9 Å². The number of carbonyl (C=O) groups is 2. The molecule has 0 unspecified atom stereocenters. The number of methoxy groups -OCH3 is 1. The van der Waals surface area contributed by atoms with Crippen molar-refractivity contribution >= 4 is 23.2 Å². The van der Waals surface area contributed by atoms with Crippen LogP contribution in [-0.4, -0.2) is 25.5 Å². The number of aryl methyl sites for hydroxylation is 1. The molecule has 5 heteroatoms. The van der Waals surface area contributed by atoms with E-state index in [9.17, 15) is 9.59 Å². The van der Waals surface area contributed by atoms with E-state index in [0.717, 1.165) is 11.3 Å². The Balaban J connectivity index is 1.74. The Morgan fingerprint density at radius 1 is 0.931 bits per heavy atom. The third-order valence-electron chi connectivity index (χ3n) is 4.60. The van der Waals surface area contributed by atoms with E-state index in [1.165, 1.54) is 0 Å². The van der Waals surface area contributed by atoms with Crippen LogP contribution in [0.1, 0.15) is 33.2 Å². The van der Waals surface area contributed by atoms with Gasteiger partial charge in [-0.3, -0.25) is 9.59 Å². The van der Waals surface area contributed by atoms with E-state index in [0.29, 0.717) is 29.1 Å². The summed E-state index contributed by atoms with van der Waals surface area (Å²) in [6.07, 6.45) is 0. The lowest BCUT2D eigenvalue weighted by molar-refractivity contribution is 0.0985. The molecule has 3 aromatic carbocycles. The molecule has 0 aliphatic carbocycles. The van der Waals surface area contributed by atoms with E-state index >= 15 is 0 Å². The highest BCUT2D eigenvalue weighted by Crippen LogP contribution is 2.20. The van der Waals surface area contributed by atoms with Crippen LogP contribution >= 0.6 is 0 Å². The second kappa shape index (κ2) is 9.06. The fourth-order valence-electron chi connectivity index (χ4n) is 3.06. The Morgan fingerprint density at radius 2 is 1.62 bits per heavy atom. The number of carbonyl (C=O) groups excluding carboxylic acids is 2. The van der Waals surface area contributed by atoms with Crippen molar-refractivity contribution in [3.05, 3.63) is 89.5 Å². The molecular formula is C24H24N2O3. The average molecular weight is 388 g/mol. The lowest BCUT2D eigenvalue weighted by atomic mass is 10.1. The third kappa shape index (κ3) is 4.82. The molecule has 0 aliphatic rings. The van der Waals surface area contributed by atoms with Gasteiger partial charge in [-0.05, 0) is 67.9 Å². The molecule has 0 bridgehead atoms. The van der Waals surface area contributed by atoms with Gasteiger partial charge in [0.1, 0.15) is 5.75 Å².